The molecule has 2 nitrogen and oxygen atoms in total. The molecular weight excluding hydrogens is 439 g/mol. The molecule has 0 radical (unpaired) electrons. The molecule has 0 heterocycles. The first kappa shape index (κ1) is 26.7. The monoisotopic (exact) mass is 459 g/mol. The Morgan fingerprint density at radius 2 is 1.84 bits per heavy atom. The van der Waals surface area contributed by atoms with Crippen molar-refractivity contribution in [2.24, 2.45) is 0 Å². The van der Waals surface area contributed by atoms with Gasteiger partial charge in [0.1, 0.15) is 29.7 Å². The number of carbonyl (C=O) groups is 1. The molecule has 32 heavy (non-hydrogen) atoms. The van der Waals surface area contributed by atoms with Crippen LogP contribution in [0.4, 0.5) is 30.7 Å². The second-order valence-corrected chi connectivity index (χ2v) is 6.20. The van der Waals surface area contributed by atoms with Gasteiger partial charge in [0.25, 0.3) is 5.91 Å². The second-order valence-electron chi connectivity index (χ2n) is 6.20. The molecule has 0 saturated heterocycles. The van der Waals surface area contributed by atoms with E-state index in [4.69, 9.17) is 0 Å². The fraction of sp³-hybridized carbons (Fsp3) is 0.174. The van der Waals surface area contributed by atoms with Crippen LogP contribution >= 0.6 is 0 Å². The number of alkyl halides is 4. The number of amides is 1. The number of carbonyl (C=O) groups excluding carboxylic acids is 1. The first-order valence-corrected chi connectivity index (χ1v) is 9.11. The van der Waals surface area contributed by atoms with Gasteiger partial charge < -0.3 is 5.32 Å². The van der Waals surface area contributed by atoms with Gasteiger partial charge in [0, 0.05) is 6.54 Å². The largest absolute Gasteiger partial charge is 0.416 e. The van der Waals surface area contributed by atoms with Crippen molar-refractivity contribution in [1.82, 2.24) is 5.32 Å². The van der Waals surface area contributed by atoms with Crippen LogP contribution in [-0.2, 0) is 17.4 Å². The van der Waals surface area contributed by atoms with Gasteiger partial charge >= 0.3 is 6.18 Å². The van der Waals surface area contributed by atoms with Gasteiger partial charge in [-0.15, -0.1) is 0 Å². The molecule has 0 unspecified atom stereocenters. The molecule has 0 aromatic heterocycles. The van der Waals surface area contributed by atoms with Crippen LogP contribution in [0.3, 0.4) is 0 Å². The molecule has 1 aromatic rings. The molecule has 0 atom stereocenters. The van der Waals surface area contributed by atoms with Gasteiger partial charge in [-0.2, -0.15) is 13.2 Å². The van der Waals surface area contributed by atoms with E-state index in [-0.39, 0.29) is 18.5 Å². The number of benzene rings is 1. The molecule has 1 rings (SSSR count). The number of allylic oxidation sites excluding steroid dienone is 7. The molecular formula is C23H20F7NO. The van der Waals surface area contributed by atoms with Crippen LogP contribution in [-0.4, -0.2) is 19.1 Å². The quantitative estimate of drug-likeness (QED) is 0.245. The fourth-order valence-corrected chi connectivity index (χ4v) is 2.56. The van der Waals surface area contributed by atoms with Gasteiger partial charge in [0.05, 0.1) is 5.56 Å². The molecule has 0 spiro atoms. The third-order valence-corrected chi connectivity index (χ3v) is 3.96. The van der Waals surface area contributed by atoms with Crippen molar-refractivity contribution >= 4 is 5.91 Å². The summed E-state index contributed by atoms with van der Waals surface area (Å²) in [5.74, 6) is -4.91. The van der Waals surface area contributed by atoms with Crippen LogP contribution in [0.2, 0.25) is 0 Å². The Morgan fingerprint density at radius 3 is 2.41 bits per heavy atom. The van der Waals surface area contributed by atoms with E-state index < -0.39 is 47.4 Å². The van der Waals surface area contributed by atoms with Gasteiger partial charge in [-0.1, -0.05) is 43.5 Å². The molecule has 0 aliphatic rings. The van der Waals surface area contributed by atoms with Crippen LogP contribution in [0.1, 0.15) is 11.1 Å². The SMILES string of the molecule is C=C/C=C(\C=C/CNC(=O)C(/C(F)=C\CF)=C(\F)C=C)Cc1ccc(F)cc1C(F)(F)F. The lowest BCUT2D eigenvalue weighted by molar-refractivity contribution is -0.138. The molecule has 0 bridgehead atoms. The van der Waals surface area contributed by atoms with Crippen molar-refractivity contribution in [2.75, 3.05) is 13.2 Å². The Labute approximate surface area is 180 Å². The van der Waals surface area contributed by atoms with Crippen LogP contribution in [0.25, 0.3) is 0 Å². The van der Waals surface area contributed by atoms with Gasteiger partial charge in [-0.05, 0) is 41.8 Å². The van der Waals surface area contributed by atoms with Crippen molar-refractivity contribution < 1.29 is 35.5 Å². The van der Waals surface area contributed by atoms with Crippen molar-refractivity contribution in [2.45, 2.75) is 12.6 Å². The van der Waals surface area contributed by atoms with Gasteiger partial charge in [-0.3, -0.25) is 4.79 Å². The fourth-order valence-electron chi connectivity index (χ4n) is 2.56. The van der Waals surface area contributed by atoms with Crippen molar-refractivity contribution in [3.8, 4) is 0 Å². The number of hydrogen-bond donors (Lipinski definition) is 1. The maximum atomic E-state index is 13.8. The molecule has 1 N–H and O–H groups in total. The lowest BCUT2D eigenvalue weighted by Gasteiger charge is -2.13. The first-order valence-electron chi connectivity index (χ1n) is 9.11. The molecule has 0 aliphatic carbocycles. The lowest BCUT2D eigenvalue weighted by atomic mass is 9.98. The average molecular weight is 459 g/mol. The summed E-state index contributed by atoms with van der Waals surface area (Å²) in [6, 6.07) is 2.31. The summed E-state index contributed by atoms with van der Waals surface area (Å²) in [5.41, 5.74) is -2.01. The Hall–Kier alpha value is -3.36. The smallest absolute Gasteiger partial charge is 0.348 e. The summed E-state index contributed by atoms with van der Waals surface area (Å²) < 4.78 is 92.5. The topological polar surface area (TPSA) is 29.1 Å². The van der Waals surface area contributed by atoms with E-state index in [1.165, 1.54) is 24.3 Å². The minimum absolute atomic E-state index is 0.183. The predicted molar refractivity (Wildman–Crippen MR) is 109 cm³/mol. The minimum Gasteiger partial charge on any atom is -0.348 e. The third-order valence-electron chi connectivity index (χ3n) is 3.96. The number of hydrogen-bond acceptors (Lipinski definition) is 1. The minimum atomic E-state index is -4.76. The second kappa shape index (κ2) is 12.5. The number of halogens is 7. The van der Waals surface area contributed by atoms with Crippen LogP contribution in [0, 0.1) is 5.82 Å². The van der Waals surface area contributed by atoms with E-state index in [0.29, 0.717) is 23.8 Å². The average Bonchev–Trinajstić information content (AvgIpc) is 2.71. The lowest BCUT2D eigenvalue weighted by Crippen LogP contribution is -2.26. The van der Waals surface area contributed by atoms with Crippen molar-refractivity contribution in [3.63, 3.8) is 0 Å². The first-order chi connectivity index (χ1) is 15.0. The highest BCUT2D eigenvalue weighted by Crippen LogP contribution is 2.33. The zero-order chi connectivity index (χ0) is 24.3. The maximum Gasteiger partial charge on any atom is 0.416 e. The highest BCUT2D eigenvalue weighted by atomic mass is 19.4. The van der Waals surface area contributed by atoms with Crippen LogP contribution in [0.15, 0.2) is 90.6 Å². The molecule has 0 fully saturated rings. The van der Waals surface area contributed by atoms with Crippen LogP contribution in [0.5, 0.6) is 0 Å². The normalized spacial score (nSPS) is 13.7. The summed E-state index contributed by atoms with van der Waals surface area (Å²) in [7, 11) is 0. The van der Waals surface area contributed by atoms with Gasteiger partial charge in [-0.25, -0.2) is 17.6 Å². The van der Waals surface area contributed by atoms with E-state index in [1.54, 1.807) is 0 Å². The molecule has 1 amide bonds. The molecule has 1 aromatic carbocycles. The van der Waals surface area contributed by atoms with Crippen molar-refractivity contribution in [1.29, 1.82) is 0 Å². The summed E-state index contributed by atoms with van der Waals surface area (Å²) in [6.45, 7) is 5.05. The maximum absolute atomic E-state index is 13.8. The van der Waals surface area contributed by atoms with E-state index in [0.717, 1.165) is 12.1 Å². The molecule has 0 saturated carbocycles. The zero-order valence-electron chi connectivity index (χ0n) is 16.8. The zero-order valence-corrected chi connectivity index (χ0v) is 16.8. The van der Waals surface area contributed by atoms with Gasteiger partial charge in [0.2, 0.25) is 0 Å². The Morgan fingerprint density at radius 1 is 1.16 bits per heavy atom. The predicted octanol–water partition coefficient (Wildman–Crippen LogP) is 6.40. The van der Waals surface area contributed by atoms with Gasteiger partial charge in [0.15, 0.2) is 0 Å². The van der Waals surface area contributed by atoms with E-state index in [9.17, 15) is 35.5 Å². The number of rotatable bonds is 10. The highest BCUT2D eigenvalue weighted by Gasteiger charge is 2.33. The standard InChI is InChI=1S/C23H20F7NO/c1-3-6-15(13-16-8-9-17(25)14-18(16)23(28,29)30)7-5-12-31-22(32)21(19(26)4-2)20(27)10-11-24/h3-10,14H,1-2,11-13H2,(H,31,32)/b7-5-,15-6+,20-10+,21-19-. The van der Waals surface area contributed by atoms with E-state index >= 15 is 0 Å². The highest BCUT2D eigenvalue weighted by molar-refractivity contribution is 5.98. The Bertz CT molecular complexity index is 969. The third kappa shape index (κ3) is 8.05. The molecule has 0 aliphatic heterocycles. The Balaban J connectivity index is 2.99. The molecule has 172 valence electrons. The summed E-state index contributed by atoms with van der Waals surface area (Å²) in [5, 5.41) is 2.18. The molecule has 9 heteroatoms. The van der Waals surface area contributed by atoms with E-state index in [2.05, 4.69) is 18.5 Å². The van der Waals surface area contributed by atoms with E-state index in [1.807, 2.05) is 0 Å². The van der Waals surface area contributed by atoms with Crippen molar-refractivity contribution in [3.05, 3.63) is 108 Å². The number of nitrogens with one attached hydrogen (secondary N) is 1. The summed E-state index contributed by atoms with van der Waals surface area (Å²) >= 11 is 0. The summed E-state index contributed by atoms with van der Waals surface area (Å²) in [4.78, 5) is 12.0. The Kier molecular flexibility index (Phi) is 10.4. The summed E-state index contributed by atoms with van der Waals surface area (Å²) in [6.07, 6.45) is 1.40. The van der Waals surface area contributed by atoms with Crippen LogP contribution < -0.4 is 5.32 Å².